The van der Waals surface area contributed by atoms with Gasteiger partial charge in [0.1, 0.15) is 6.61 Å². The number of imide groups is 1. The molecule has 37 heavy (non-hydrogen) atoms. The van der Waals surface area contributed by atoms with E-state index in [1.54, 1.807) is 29.2 Å². The molecule has 2 aliphatic heterocycles. The number of hydrogen-bond acceptors (Lipinski definition) is 5. The highest BCUT2D eigenvalue weighted by molar-refractivity contribution is 6.30. The van der Waals surface area contributed by atoms with Gasteiger partial charge in [-0.1, -0.05) is 55.8 Å². The predicted molar refractivity (Wildman–Crippen MR) is 140 cm³/mol. The summed E-state index contributed by atoms with van der Waals surface area (Å²) < 4.78 is 5.23. The minimum Gasteiger partial charge on any atom is -0.447 e. The van der Waals surface area contributed by atoms with E-state index in [9.17, 15) is 19.2 Å². The third-order valence-corrected chi connectivity index (χ3v) is 7.63. The molecular weight excluding hydrogens is 492 g/mol. The second kappa shape index (κ2) is 11.9. The smallest absolute Gasteiger partial charge is 0.416 e. The van der Waals surface area contributed by atoms with Crippen LogP contribution >= 0.6 is 11.6 Å². The van der Waals surface area contributed by atoms with E-state index >= 15 is 0 Å². The molecule has 0 aliphatic carbocycles. The number of cyclic esters (lactones) is 1. The molecule has 0 N–H and O–H groups in total. The van der Waals surface area contributed by atoms with Crippen molar-refractivity contribution in [3.63, 3.8) is 0 Å². The van der Waals surface area contributed by atoms with Crippen molar-refractivity contribution in [2.75, 3.05) is 19.7 Å². The Morgan fingerprint density at radius 3 is 2.27 bits per heavy atom. The zero-order valence-corrected chi connectivity index (χ0v) is 22.0. The Bertz CT molecular complexity index is 1130. The van der Waals surface area contributed by atoms with Gasteiger partial charge in [0.05, 0.1) is 6.04 Å². The van der Waals surface area contributed by atoms with Gasteiger partial charge in [0.15, 0.2) is 5.78 Å². The number of nitrogens with zero attached hydrogens (tertiary/aromatic N) is 2. The fourth-order valence-electron chi connectivity index (χ4n) is 5.11. The van der Waals surface area contributed by atoms with Gasteiger partial charge in [0, 0.05) is 41.9 Å². The average Bonchev–Trinajstić information content (AvgIpc) is 3.26. The lowest BCUT2D eigenvalue weighted by Crippen LogP contribution is -2.47. The van der Waals surface area contributed by atoms with Gasteiger partial charge in [0.2, 0.25) is 11.8 Å². The van der Waals surface area contributed by atoms with Crippen LogP contribution in [0.4, 0.5) is 4.79 Å². The van der Waals surface area contributed by atoms with Gasteiger partial charge in [-0.3, -0.25) is 14.4 Å². The van der Waals surface area contributed by atoms with E-state index in [0.717, 1.165) is 5.56 Å². The van der Waals surface area contributed by atoms with Crippen molar-refractivity contribution < 1.29 is 23.9 Å². The molecule has 8 heteroatoms. The average molecular weight is 525 g/mol. The molecule has 4 rings (SSSR count). The Morgan fingerprint density at radius 1 is 1.00 bits per heavy atom. The number of ether oxygens (including phenoxy) is 1. The lowest BCUT2D eigenvalue weighted by molar-refractivity contribution is -0.142. The summed E-state index contributed by atoms with van der Waals surface area (Å²) in [5, 5.41) is 0.583. The molecule has 0 radical (unpaired) electrons. The molecule has 2 aliphatic rings. The monoisotopic (exact) mass is 524 g/mol. The number of benzene rings is 2. The maximum absolute atomic E-state index is 13.5. The summed E-state index contributed by atoms with van der Waals surface area (Å²) in [7, 11) is 0. The molecule has 0 bridgehead atoms. The van der Waals surface area contributed by atoms with Gasteiger partial charge in [-0.15, -0.1) is 0 Å². The van der Waals surface area contributed by atoms with Gasteiger partial charge in [-0.25, -0.2) is 9.69 Å². The number of halogens is 1. The summed E-state index contributed by atoms with van der Waals surface area (Å²) >= 11 is 5.93. The molecule has 2 aromatic rings. The minimum atomic E-state index is -0.648. The van der Waals surface area contributed by atoms with E-state index in [1.165, 1.54) is 4.90 Å². The molecule has 196 valence electrons. The van der Waals surface area contributed by atoms with Crippen molar-refractivity contribution in [1.29, 1.82) is 0 Å². The van der Waals surface area contributed by atoms with Crippen molar-refractivity contribution in [1.82, 2.24) is 9.80 Å². The normalized spacial score (nSPS) is 19.1. The lowest BCUT2D eigenvalue weighted by Gasteiger charge is -2.33. The molecule has 2 atom stereocenters. The summed E-state index contributed by atoms with van der Waals surface area (Å²) in [5.74, 6) is -1.34. The standard InChI is InChI=1S/C29H33ClN2O5/c1-19(2)25(28(35)32-24(18-37-29(32)36)16-20-6-4-3-5-7-20)17-26(33)31-14-12-22(13-15-31)27(34)21-8-10-23(30)11-9-21/h3-11,19,22,24-25H,12-18H2,1-2H3/t24-,25+/m1/s1. The highest BCUT2D eigenvalue weighted by Crippen LogP contribution is 2.28. The van der Waals surface area contributed by atoms with Crippen LogP contribution in [0.25, 0.3) is 0 Å². The highest BCUT2D eigenvalue weighted by Gasteiger charge is 2.42. The molecule has 0 saturated carbocycles. The van der Waals surface area contributed by atoms with E-state index in [4.69, 9.17) is 16.3 Å². The number of hydrogen-bond donors (Lipinski definition) is 0. The largest absolute Gasteiger partial charge is 0.447 e. The number of Topliss-reactive ketones (excluding diaryl/α,β-unsaturated/α-hetero) is 1. The molecule has 2 aromatic carbocycles. The van der Waals surface area contributed by atoms with Crippen LogP contribution in [-0.2, 0) is 20.7 Å². The molecule has 2 saturated heterocycles. The first-order valence-electron chi connectivity index (χ1n) is 12.9. The number of piperidine rings is 1. The zero-order chi connectivity index (χ0) is 26.5. The number of carbonyl (C=O) groups is 4. The minimum absolute atomic E-state index is 0.0220. The zero-order valence-electron chi connectivity index (χ0n) is 21.3. The van der Waals surface area contributed by atoms with E-state index in [0.29, 0.717) is 42.9 Å². The van der Waals surface area contributed by atoms with Crippen LogP contribution < -0.4 is 0 Å². The number of ketones is 1. The number of likely N-dealkylation sites (tertiary alicyclic amines) is 1. The van der Waals surface area contributed by atoms with Crippen molar-refractivity contribution in [3.05, 3.63) is 70.7 Å². The first-order valence-corrected chi connectivity index (χ1v) is 13.2. The first kappa shape index (κ1) is 26.9. The summed E-state index contributed by atoms with van der Waals surface area (Å²) in [5.41, 5.74) is 1.64. The van der Waals surface area contributed by atoms with Gasteiger partial charge >= 0.3 is 6.09 Å². The van der Waals surface area contributed by atoms with Gasteiger partial charge < -0.3 is 9.64 Å². The van der Waals surface area contributed by atoms with Crippen LogP contribution in [0.2, 0.25) is 5.02 Å². The Hall–Kier alpha value is -3.19. The van der Waals surface area contributed by atoms with Crippen molar-refractivity contribution >= 4 is 35.3 Å². The van der Waals surface area contributed by atoms with Crippen LogP contribution in [0.1, 0.15) is 49.0 Å². The van der Waals surface area contributed by atoms with Gasteiger partial charge in [0.25, 0.3) is 0 Å². The quantitative estimate of drug-likeness (QED) is 0.453. The summed E-state index contributed by atoms with van der Waals surface area (Å²) in [6.07, 6.45) is 1.03. The molecule has 7 nitrogen and oxygen atoms in total. The first-order chi connectivity index (χ1) is 17.7. The third-order valence-electron chi connectivity index (χ3n) is 7.38. The predicted octanol–water partition coefficient (Wildman–Crippen LogP) is 5.01. The van der Waals surface area contributed by atoms with Crippen LogP contribution in [0.15, 0.2) is 54.6 Å². The van der Waals surface area contributed by atoms with Crippen molar-refractivity contribution in [3.8, 4) is 0 Å². The molecule has 2 heterocycles. The van der Waals surface area contributed by atoms with Crippen LogP contribution in [0.3, 0.4) is 0 Å². The van der Waals surface area contributed by atoms with Crippen LogP contribution in [0.5, 0.6) is 0 Å². The number of carbonyl (C=O) groups excluding carboxylic acids is 4. The maximum atomic E-state index is 13.5. The summed E-state index contributed by atoms with van der Waals surface area (Å²) in [6, 6.07) is 16.1. The van der Waals surface area contributed by atoms with Crippen LogP contribution in [0, 0.1) is 17.8 Å². The Kier molecular flexibility index (Phi) is 8.64. The SMILES string of the molecule is CC(C)[C@H](CC(=O)N1CCC(C(=O)c2ccc(Cl)cc2)CC1)C(=O)N1C(=O)OC[C@H]1Cc1ccccc1. The van der Waals surface area contributed by atoms with E-state index < -0.39 is 18.1 Å². The fourth-order valence-corrected chi connectivity index (χ4v) is 5.24. The van der Waals surface area contributed by atoms with Crippen LogP contribution in [-0.4, -0.2) is 59.2 Å². The van der Waals surface area contributed by atoms with E-state index in [1.807, 2.05) is 44.2 Å². The molecule has 0 unspecified atom stereocenters. The molecule has 3 amide bonds. The number of amides is 3. The second-order valence-electron chi connectivity index (χ2n) is 10.2. The summed E-state index contributed by atoms with van der Waals surface area (Å²) in [4.78, 5) is 55.1. The lowest BCUT2D eigenvalue weighted by atomic mass is 9.87. The van der Waals surface area contributed by atoms with E-state index in [-0.39, 0.29) is 42.5 Å². The topological polar surface area (TPSA) is 84.0 Å². The Balaban J connectivity index is 1.36. The van der Waals surface area contributed by atoms with Crippen molar-refractivity contribution in [2.24, 2.45) is 17.8 Å². The third kappa shape index (κ3) is 6.39. The molecule has 0 spiro atoms. The maximum Gasteiger partial charge on any atom is 0.416 e. The molecule has 0 aromatic heterocycles. The number of rotatable bonds is 8. The Labute approximate surface area is 222 Å². The fraction of sp³-hybridized carbons (Fsp3) is 0.448. The second-order valence-corrected chi connectivity index (χ2v) is 10.6. The Morgan fingerprint density at radius 2 is 1.65 bits per heavy atom. The van der Waals surface area contributed by atoms with Crippen molar-refractivity contribution in [2.45, 2.75) is 45.6 Å². The molecule has 2 fully saturated rings. The van der Waals surface area contributed by atoms with Gasteiger partial charge in [-0.2, -0.15) is 0 Å². The summed E-state index contributed by atoms with van der Waals surface area (Å²) in [6.45, 7) is 4.85. The van der Waals surface area contributed by atoms with E-state index in [2.05, 4.69) is 0 Å². The highest BCUT2D eigenvalue weighted by atomic mass is 35.5. The molecular formula is C29H33ClN2O5. The van der Waals surface area contributed by atoms with Gasteiger partial charge in [-0.05, 0) is 55.0 Å².